The Morgan fingerprint density at radius 3 is 2.48 bits per heavy atom. The molecule has 120 valence electrons. The summed E-state index contributed by atoms with van der Waals surface area (Å²) in [6, 6.07) is 18.5. The Morgan fingerprint density at radius 1 is 1.09 bits per heavy atom. The Hall–Kier alpha value is -2.17. The van der Waals surface area contributed by atoms with Crippen LogP contribution in [0.25, 0.3) is 0 Å². The quantitative estimate of drug-likeness (QED) is 0.794. The number of hydrazine groups is 1. The molecular formula is C19H23N3O. The molecule has 1 saturated heterocycles. The Bertz CT molecular complexity index is 639. The van der Waals surface area contributed by atoms with Crippen molar-refractivity contribution in [2.45, 2.75) is 25.9 Å². The van der Waals surface area contributed by atoms with E-state index in [4.69, 9.17) is 0 Å². The molecule has 0 saturated carbocycles. The van der Waals surface area contributed by atoms with Crippen molar-refractivity contribution >= 4 is 5.91 Å². The van der Waals surface area contributed by atoms with Crippen LogP contribution in [0.15, 0.2) is 54.6 Å². The third-order valence-electron chi connectivity index (χ3n) is 4.38. The van der Waals surface area contributed by atoms with E-state index in [2.05, 4.69) is 59.5 Å². The van der Waals surface area contributed by atoms with Crippen LogP contribution in [-0.4, -0.2) is 12.5 Å². The van der Waals surface area contributed by atoms with Gasteiger partial charge in [0.2, 0.25) is 5.91 Å². The molecule has 0 spiro atoms. The van der Waals surface area contributed by atoms with Crippen molar-refractivity contribution in [3.05, 3.63) is 71.3 Å². The van der Waals surface area contributed by atoms with Gasteiger partial charge in [0.05, 0.1) is 12.0 Å². The van der Waals surface area contributed by atoms with Crippen molar-refractivity contribution in [1.82, 2.24) is 16.2 Å². The second-order valence-corrected chi connectivity index (χ2v) is 5.91. The number of carbonyl (C=O) groups is 1. The van der Waals surface area contributed by atoms with E-state index in [9.17, 15) is 4.79 Å². The first-order chi connectivity index (χ1) is 11.3. The van der Waals surface area contributed by atoms with Gasteiger partial charge in [0.15, 0.2) is 0 Å². The van der Waals surface area contributed by atoms with Gasteiger partial charge < -0.3 is 5.32 Å². The maximum absolute atomic E-state index is 12.5. The third-order valence-corrected chi connectivity index (χ3v) is 4.38. The van der Waals surface area contributed by atoms with Gasteiger partial charge in [-0.3, -0.25) is 10.2 Å². The van der Waals surface area contributed by atoms with Crippen LogP contribution in [-0.2, 0) is 17.8 Å². The topological polar surface area (TPSA) is 53.2 Å². The zero-order valence-corrected chi connectivity index (χ0v) is 13.4. The lowest BCUT2D eigenvalue weighted by Gasteiger charge is -2.18. The van der Waals surface area contributed by atoms with E-state index in [1.807, 2.05) is 18.2 Å². The molecule has 1 aliphatic heterocycles. The number of amides is 1. The summed E-state index contributed by atoms with van der Waals surface area (Å²) in [7, 11) is 0. The maximum Gasteiger partial charge on any atom is 0.226 e. The van der Waals surface area contributed by atoms with Crippen molar-refractivity contribution in [1.29, 1.82) is 0 Å². The van der Waals surface area contributed by atoms with Crippen LogP contribution in [0, 0.1) is 5.92 Å². The maximum atomic E-state index is 12.5. The van der Waals surface area contributed by atoms with E-state index in [1.165, 1.54) is 5.56 Å². The summed E-state index contributed by atoms with van der Waals surface area (Å²) < 4.78 is 0. The zero-order chi connectivity index (χ0) is 16.1. The van der Waals surface area contributed by atoms with Gasteiger partial charge in [0.1, 0.15) is 0 Å². The average Bonchev–Trinajstić information content (AvgIpc) is 3.11. The monoisotopic (exact) mass is 309 g/mol. The van der Waals surface area contributed by atoms with Gasteiger partial charge in [-0.25, -0.2) is 5.43 Å². The number of aryl methyl sites for hydroxylation is 1. The van der Waals surface area contributed by atoms with E-state index in [0.29, 0.717) is 13.1 Å². The summed E-state index contributed by atoms with van der Waals surface area (Å²) >= 11 is 0. The number of hydrogen-bond donors (Lipinski definition) is 3. The molecule has 0 aliphatic carbocycles. The molecule has 1 aliphatic rings. The molecule has 0 bridgehead atoms. The molecule has 3 rings (SSSR count). The van der Waals surface area contributed by atoms with Gasteiger partial charge in [-0.2, -0.15) is 0 Å². The molecule has 1 amide bonds. The van der Waals surface area contributed by atoms with E-state index < -0.39 is 0 Å². The summed E-state index contributed by atoms with van der Waals surface area (Å²) in [4.78, 5) is 12.5. The SMILES string of the molecule is CCc1ccc(CNC(=O)C2CNNC2c2ccccc2)cc1. The Labute approximate surface area is 137 Å². The standard InChI is InChI=1S/C19H23N3O/c1-2-14-8-10-15(11-9-14)12-20-19(23)17-13-21-22-18(17)16-6-4-3-5-7-16/h3-11,17-18,21-22H,2,12-13H2,1H3,(H,20,23). The van der Waals surface area contributed by atoms with Crippen LogP contribution in [0.2, 0.25) is 0 Å². The third kappa shape index (κ3) is 3.78. The van der Waals surface area contributed by atoms with Crippen molar-refractivity contribution in [3.63, 3.8) is 0 Å². The van der Waals surface area contributed by atoms with Crippen LogP contribution in [0.4, 0.5) is 0 Å². The lowest BCUT2D eigenvalue weighted by atomic mass is 9.94. The molecule has 23 heavy (non-hydrogen) atoms. The first-order valence-electron chi connectivity index (χ1n) is 8.17. The highest BCUT2D eigenvalue weighted by Gasteiger charge is 2.33. The molecule has 1 fully saturated rings. The van der Waals surface area contributed by atoms with Gasteiger partial charge in [-0.1, -0.05) is 61.5 Å². The van der Waals surface area contributed by atoms with Crippen LogP contribution in [0.3, 0.4) is 0 Å². The molecule has 0 radical (unpaired) electrons. The highest BCUT2D eigenvalue weighted by atomic mass is 16.2. The summed E-state index contributed by atoms with van der Waals surface area (Å²) in [5, 5.41) is 3.06. The van der Waals surface area contributed by atoms with Gasteiger partial charge in [-0.05, 0) is 23.1 Å². The second-order valence-electron chi connectivity index (χ2n) is 5.91. The second kappa shape index (κ2) is 7.40. The Kier molecular flexibility index (Phi) is 5.05. The fraction of sp³-hybridized carbons (Fsp3) is 0.316. The van der Waals surface area contributed by atoms with Crippen molar-refractivity contribution in [3.8, 4) is 0 Å². The zero-order valence-electron chi connectivity index (χ0n) is 13.4. The van der Waals surface area contributed by atoms with E-state index >= 15 is 0 Å². The van der Waals surface area contributed by atoms with Crippen molar-refractivity contribution in [2.24, 2.45) is 5.92 Å². The molecule has 1 heterocycles. The molecular weight excluding hydrogens is 286 g/mol. The molecule has 2 aromatic rings. The molecule has 4 heteroatoms. The Balaban J connectivity index is 1.60. The van der Waals surface area contributed by atoms with Gasteiger partial charge in [-0.15, -0.1) is 0 Å². The molecule has 3 N–H and O–H groups in total. The largest absolute Gasteiger partial charge is 0.352 e. The molecule has 2 aromatic carbocycles. The summed E-state index contributed by atoms with van der Waals surface area (Å²) in [5.41, 5.74) is 9.88. The van der Waals surface area contributed by atoms with Crippen molar-refractivity contribution in [2.75, 3.05) is 6.54 Å². The lowest BCUT2D eigenvalue weighted by Crippen LogP contribution is -2.34. The average molecular weight is 309 g/mol. The number of benzene rings is 2. The summed E-state index contributed by atoms with van der Waals surface area (Å²) in [6.07, 6.45) is 1.03. The summed E-state index contributed by atoms with van der Waals surface area (Å²) in [6.45, 7) is 3.35. The van der Waals surface area contributed by atoms with Gasteiger partial charge in [0.25, 0.3) is 0 Å². The minimum Gasteiger partial charge on any atom is -0.352 e. The molecule has 0 aromatic heterocycles. The first kappa shape index (κ1) is 15.7. The predicted molar refractivity (Wildman–Crippen MR) is 91.5 cm³/mol. The van der Waals surface area contributed by atoms with Crippen LogP contribution in [0.5, 0.6) is 0 Å². The van der Waals surface area contributed by atoms with Crippen molar-refractivity contribution < 1.29 is 4.79 Å². The smallest absolute Gasteiger partial charge is 0.226 e. The molecule has 2 unspecified atom stereocenters. The normalized spacial score (nSPS) is 20.4. The molecule has 2 atom stereocenters. The van der Waals surface area contributed by atoms with Crippen LogP contribution < -0.4 is 16.2 Å². The number of hydrogen-bond acceptors (Lipinski definition) is 3. The fourth-order valence-corrected chi connectivity index (χ4v) is 2.93. The van der Waals surface area contributed by atoms with E-state index in [0.717, 1.165) is 17.5 Å². The highest BCUT2D eigenvalue weighted by molar-refractivity contribution is 5.80. The number of rotatable bonds is 5. The fourth-order valence-electron chi connectivity index (χ4n) is 2.93. The van der Waals surface area contributed by atoms with Crippen LogP contribution >= 0.6 is 0 Å². The van der Waals surface area contributed by atoms with Gasteiger partial charge >= 0.3 is 0 Å². The van der Waals surface area contributed by atoms with Crippen LogP contribution in [0.1, 0.15) is 29.7 Å². The minimum atomic E-state index is -0.104. The van der Waals surface area contributed by atoms with E-state index in [-0.39, 0.29) is 17.9 Å². The first-order valence-corrected chi connectivity index (χ1v) is 8.17. The van der Waals surface area contributed by atoms with Gasteiger partial charge in [0, 0.05) is 13.1 Å². The lowest BCUT2D eigenvalue weighted by molar-refractivity contribution is -0.125. The number of nitrogens with one attached hydrogen (secondary N) is 3. The number of carbonyl (C=O) groups excluding carboxylic acids is 1. The molecule has 4 nitrogen and oxygen atoms in total. The highest BCUT2D eigenvalue weighted by Crippen LogP contribution is 2.24. The van der Waals surface area contributed by atoms with E-state index in [1.54, 1.807) is 0 Å². The Morgan fingerprint density at radius 2 is 1.78 bits per heavy atom. The summed E-state index contributed by atoms with van der Waals surface area (Å²) in [5.74, 6) is -0.0248. The predicted octanol–water partition coefficient (Wildman–Crippen LogP) is 2.33. The minimum absolute atomic E-state index is 0.0127.